The number of carbonyl (C=O) groups is 2. The van der Waals surface area contributed by atoms with E-state index in [9.17, 15) is 19.8 Å². The first-order valence-electron chi connectivity index (χ1n) is 7.66. The number of nitrogens with one attached hydrogen (secondary N) is 1. The summed E-state index contributed by atoms with van der Waals surface area (Å²) in [5.41, 5.74) is 0.836. The van der Waals surface area contributed by atoms with E-state index in [0.717, 1.165) is 5.56 Å². The topological polar surface area (TPSA) is 95.9 Å². The highest BCUT2D eigenvalue weighted by Gasteiger charge is 2.23. The maximum absolute atomic E-state index is 11.7. The molecule has 0 aliphatic heterocycles. The van der Waals surface area contributed by atoms with Crippen molar-refractivity contribution in [3.63, 3.8) is 0 Å². The summed E-state index contributed by atoms with van der Waals surface area (Å²) >= 11 is 0. The second-order valence-electron chi connectivity index (χ2n) is 5.27. The summed E-state index contributed by atoms with van der Waals surface area (Å²) in [6.45, 7) is 0. The fraction of sp³-hybridized carbons (Fsp3) is 0.158. The summed E-state index contributed by atoms with van der Waals surface area (Å²) < 4.78 is 5.02. The SMILES string of the molecule is COc1cc(/C=C/C=C/C=C/C(=O)NC2=C(O)CCC2=O)ccc1O. The number of allylic oxidation sites excluding steroid dienone is 6. The molecule has 25 heavy (non-hydrogen) atoms. The molecule has 6 nitrogen and oxygen atoms in total. The molecular weight excluding hydrogens is 322 g/mol. The van der Waals surface area contributed by atoms with Gasteiger partial charge in [0.05, 0.1) is 7.11 Å². The Labute approximate surface area is 145 Å². The van der Waals surface area contributed by atoms with Crippen LogP contribution in [0.15, 0.2) is 60.0 Å². The number of ketones is 1. The number of benzene rings is 1. The molecule has 0 spiro atoms. The van der Waals surface area contributed by atoms with Gasteiger partial charge in [-0.05, 0) is 17.7 Å². The van der Waals surface area contributed by atoms with E-state index in [4.69, 9.17) is 4.74 Å². The van der Waals surface area contributed by atoms with Gasteiger partial charge in [0, 0.05) is 18.9 Å². The van der Waals surface area contributed by atoms with E-state index in [1.54, 1.807) is 36.4 Å². The van der Waals surface area contributed by atoms with Crippen LogP contribution in [0, 0.1) is 0 Å². The van der Waals surface area contributed by atoms with Crippen molar-refractivity contribution in [3.8, 4) is 11.5 Å². The van der Waals surface area contributed by atoms with Gasteiger partial charge in [0.15, 0.2) is 17.3 Å². The molecule has 1 amide bonds. The number of carbonyl (C=O) groups excluding carboxylic acids is 2. The Balaban J connectivity index is 1.86. The first-order chi connectivity index (χ1) is 12.0. The van der Waals surface area contributed by atoms with Crippen molar-refractivity contribution >= 4 is 17.8 Å². The summed E-state index contributed by atoms with van der Waals surface area (Å²) in [6, 6.07) is 4.98. The molecule has 0 saturated heterocycles. The maximum atomic E-state index is 11.7. The smallest absolute Gasteiger partial charge is 0.248 e. The van der Waals surface area contributed by atoms with Crippen molar-refractivity contribution < 1.29 is 24.5 Å². The van der Waals surface area contributed by atoms with E-state index in [1.165, 1.54) is 19.3 Å². The van der Waals surface area contributed by atoms with Crippen LogP contribution in [0.2, 0.25) is 0 Å². The molecule has 0 heterocycles. The van der Waals surface area contributed by atoms with E-state index >= 15 is 0 Å². The van der Waals surface area contributed by atoms with Crippen molar-refractivity contribution in [2.75, 3.05) is 7.11 Å². The van der Waals surface area contributed by atoms with Crippen LogP contribution in [0.1, 0.15) is 18.4 Å². The van der Waals surface area contributed by atoms with E-state index in [-0.39, 0.29) is 35.8 Å². The number of ether oxygens (including phenoxy) is 1. The lowest BCUT2D eigenvalue weighted by atomic mass is 10.2. The van der Waals surface area contributed by atoms with Crippen molar-refractivity contribution in [2.45, 2.75) is 12.8 Å². The quantitative estimate of drug-likeness (QED) is 0.546. The molecule has 0 aromatic heterocycles. The van der Waals surface area contributed by atoms with Crippen LogP contribution in [0.25, 0.3) is 6.08 Å². The second kappa shape index (κ2) is 8.54. The summed E-state index contributed by atoms with van der Waals surface area (Å²) in [6.07, 6.45) is 10.2. The standard InChI is InChI=1S/C19H19NO5/c1-25-17-12-13(8-9-14(17)21)6-4-2-3-5-7-18(24)20-19-15(22)10-11-16(19)23/h2-9,12,21-22H,10-11H2,1H3,(H,20,24)/b3-2+,6-4+,7-5+. The molecule has 0 saturated carbocycles. The summed E-state index contributed by atoms with van der Waals surface area (Å²) in [7, 11) is 1.48. The number of aliphatic hydroxyl groups is 1. The van der Waals surface area contributed by atoms with Crippen LogP contribution in [-0.4, -0.2) is 29.0 Å². The van der Waals surface area contributed by atoms with Crippen molar-refractivity contribution in [1.82, 2.24) is 5.32 Å². The van der Waals surface area contributed by atoms with Crippen LogP contribution >= 0.6 is 0 Å². The number of phenolic OH excluding ortho intramolecular Hbond substituents is 1. The molecule has 1 aliphatic carbocycles. The Hall–Kier alpha value is -3.28. The molecule has 6 heteroatoms. The summed E-state index contributed by atoms with van der Waals surface area (Å²) in [5, 5.41) is 21.4. The molecule has 2 rings (SSSR count). The Bertz CT molecular complexity index is 787. The van der Waals surface area contributed by atoms with Crippen LogP contribution < -0.4 is 10.1 Å². The minimum Gasteiger partial charge on any atom is -0.510 e. The number of aromatic hydroxyl groups is 1. The first-order valence-corrected chi connectivity index (χ1v) is 7.66. The number of hydrogen-bond acceptors (Lipinski definition) is 5. The van der Waals surface area contributed by atoms with Crippen LogP contribution in [-0.2, 0) is 9.59 Å². The molecule has 0 unspecified atom stereocenters. The lowest BCUT2D eigenvalue weighted by Crippen LogP contribution is -2.24. The number of rotatable bonds is 6. The molecule has 0 fully saturated rings. The molecule has 0 radical (unpaired) electrons. The number of Topliss-reactive ketones (excluding diaryl/α,β-unsaturated/α-hetero) is 1. The third kappa shape index (κ3) is 5.10. The van der Waals surface area contributed by atoms with Gasteiger partial charge in [-0.25, -0.2) is 0 Å². The molecule has 1 aromatic rings. The first kappa shape index (κ1) is 18.1. The lowest BCUT2D eigenvalue weighted by Gasteiger charge is -2.03. The highest BCUT2D eigenvalue weighted by Crippen LogP contribution is 2.26. The average Bonchev–Trinajstić information content (AvgIpc) is 2.91. The van der Waals surface area contributed by atoms with Gasteiger partial charge in [-0.3, -0.25) is 9.59 Å². The highest BCUT2D eigenvalue weighted by atomic mass is 16.5. The monoisotopic (exact) mass is 341 g/mol. The zero-order valence-corrected chi connectivity index (χ0v) is 13.7. The van der Waals surface area contributed by atoms with E-state index in [2.05, 4.69) is 5.32 Å². The van der Waals surface area contributed by atoms with Gasteiger partial charge in [0.25, 0.3) is 0 Å². The number of phenols is 1. The Kier molecular flexibility index (Phi) is 6.17. The molecule has 3 N–H and O–H groups in total. The zero-order chi connectivity index (χ0) is 18.2. The predicted molar refractivity (Wildman–Crippen MR) is 94.0 cm³/mol. The number of methoxy groups -OCH3 is 1. The van der Waals surface area contributed by atoms with E-state index in [1.807, 2.05) is 6.08 Å². The Morgan fingerprint density at radius 2 is 1.92 bits per heavy atom. The highest BCUT2D eigenvalue weighted by molar-refractivity contribution is 6.03. The number of hydrogen-bond donors (Lipinski definition) is 3. The van der Waals surface area contributed by atoms with Gasteiger partial charge in [0.2, 0.25) is 5.91 Å². The lowest BCUT2D eigenvalue weighted by molar-refractivity contribution is -0.119. The normalized spacial score (nSPS) is 15.0. The fourth-order valence-electron chi connectivity index (χ4n) is 2.19. The van der Waals surface area contributed by atoms with Gasteiger partial charge in [-0.1, -0.05) is 36.4 Å². The zero-order valence-electron chi connectivity index (χ0n) is 13.7. The predicted octanol–water partition coefficient (Wildman–Crippen LogP) is 2.78. The van der Waals surface area contributed by atoms with Crippen molar-refractivity contribution in [1.29, 1.82) is 0 Å². The van der Waals surface area contributed by atoms with Gasteiger partial charge in [-0.2, -0.15) is 0 Å². The van der Waals surface area contributed by atoms with Crippen molar-refractivity contribution in [2.24, 2.45) is 0 Å². The summed E-state index contributed by atoms with van der Waals surface area (Å²) in [5.74, 6) is -0.349. The number of amides is 1. The molecule has 0 bridgehead atoms. The third-order valence-corrected chi connectivity index (χ3v) is 3.48. The maximum Gasteiger partial charge on any atom is 0.248 e. The second-order valence-corrected chi connectivity index (χ2v) is 5.27. The van der Waals surface area contributed by atoms with Crippen LogP contribution in [0.3, 0.4) is 0 Å². The van der Waals surface area contributed by atoms with Gasteiger partial charge in [-0.15, -0.1) is 0 Å². The van der Waals surface area contributed by atoms with Gasteiger partial charge >= 0.3 is 0 Å². The molecular formula is C19H19NO5. The van der Waals surface area contributed by atoms with Gasteiger partial charge in [0.1, 0.15) is 11.5 Å². The minimum absolute atomic E-state index is 0.0141. The molecule has 1 aromatic carbocycles. The van der Waals surface area contributed by atoms with Crippen LogP contribution in [0.5, 0.6) is 11.5 Å². The molecule has 0 atom stereocenters. The third-order valence-electron chi connectivity index (χ3n) is 3.48. The fourth-order valence-corrected chi connectivity index (χ4v) is 2.19. The minimum atomic E-state index is -0.478. The Morgan fingerprint density at radius 3 is 2.60 bits per heavy atom. The number of aliphatic hydroxyl groups excluding tert-OH is 1. The van der Waals surface area contributed by atoms with Gasteiger partial charge < -0.3 is 20.3 Å². The summed E-state index contributed by atoms with van der Waals surface area (Å²) in [4.78, 5) is 23.1. The Morgan fingerprint density at radius 1 is 1.16 bits per heavy atom. The molecule has 1 aliphatic rings. The average molecular weight is 341 g/mol. The van der Waals surface area contributed by atoms with Crippen molar-refractivity contribution in [3.05, 3.63) is 65.6 Å². The largest absolute Gasteiger partial charge is 0.510 e. The van der Waals surface area contributed by atoms with E-state index in [0.29, 0.717) is 5.75 Å². The molecule has 130 valence electrons. The van der Waals surface area contributed by atoms with Crippen LogP contribution in [0.4, 0.5) is 0 Å². The van der Waals surface area contributed by atoms with E-state index < -0.39 is 5.91 Å².